The van der Waals surface area contributed by atoms with Crippen LogP contribution in [0.15, 0.2) is 29.2 Å². The highest BCUT2D eigenvalue weighted by Crippen LogP contribution is 2.24. The lowest BCUT2D eigenvalue weighted by atomic mass is 10.0. The van der Waals surface area contributed by atoms with Crippen molar-refractivity contribution in [2.75, 3.05) is 6.54 Å². The molecule has 0 radical (unpaired) electrons. The van der Waals surface area contributed by atoms with E-state index in [-0.39, 0.29) is 35.3 Å². The molecule has 1 aromatic rings. The number of hydrogen-bond donors (Lipinski definition) is 1. The third-order valence-corrected chi connectivity index (χ3v) is 5.92. The summed E-state index contributed by atoms with van der Waals surface area (Å²) in [4.78, 5) is 14.2. The fourth-order valence-corrected chi connectivity index (χ4v) is 4.06. The normalized spacial score (nSPS) is 20.3. The number of aryl methyl sites for hydroxylation is 1. The number of nitrogens with zero attached hydrogens (tertiary/aromatic N) is 1. The standard InChI is InChI=1S/C17H26N2O3S/c1-12(2)16(19-14(4)7-10-17(19)20)11-18-23(21,22)15-8-5-13(3)6-9-15/h5-6,8-9,12,14,16,18H,7,10-11H2,1-4H3/t14-,16+/m1/s1. The van der Waals surface area contributed by atoms with Gasteiger partial charge in [0.05, 0.1) is 4.90 Å². The fraction of sp³-hybridized carbons (Fsp3) is 0.588. The minimum Gasteiger partial charge on any atom is -0.335 e. The van der Waals surface area contributed by atoms with Crippen LogP contribution in [0.3, 0.4) is 0 Å². The Kier molecular flexibility index (Phi) is 5.47. The average Bonchev–Trinajstić information content (AvgIpc) is 2.79. The van der Waals surface area contributed by atoms with E-state index in [1.165, 1.54) is 0 Å². The summed E-state index contributed by atoms with van der Waals surface area (Å²) in [6, 6.07) is 6.80. The molecule has 5 nitrogen and oxygen atoms in total. The van der Waals surface area contributed by atoms with Gasteiger partial charge in [-0.3, -0.25) is 4.79 Å². The van der Waals surface area contributed by atoms with Crippen LogP contribution in [0.4, 0.5) is 0 Å². The van der Waals surface area contributed by atoms with Crippen LogP contribution < -0.4 is 4.72 Å². The van der Waals surface area contributed by atoms with Crippen molar-refractivity contribution in [2.45, 2.75) is 57.5 Å². The smallest absolute Gasteiger partial charge is 0.240 e. The Hall–Kier alpha value is -1.40. The zero-order valence-corrected chi connectivity index (χ0v) is 15.1. The number of nitrogens with one attached hydrogen (secondary N) is 1. The number of rotatable bonds is 6. The van der Waals surface area contributed by atoms with Gasteiger partial charge in [0, 0.05) is 25.0 Å². The van der Waals surface area contributed by atoms with Gasteiger partial charge in [0.15, 0.2) is 0 Å². The number of amides is 1. The maximum atomic E-state index is 12.4. The second-order valence-electron chi connectivity index (χ2n) is 6.67. The molecule has 2 atom stereocenters. The zero-order chi connectivity index (χ0) is 17.2. The molecule has 0 bridgehead atoms. The molecule has 128 valence electrons. The highest BCUT2D eigenvalue weighted by atomic mass is 32.2. The number of hydrogen-bond acceptors (Lipinski definition) is 3. The molecule has 1 N–H and O–H groups in total. The molecule has 1 amide bonds. The SMILES string of the molecule is Cc1ccc(S(=O)(=O)NC[C@@H](C(C)C)N2C(=O)CC[C@H]2C)cc1. The second-order valence-corrected chi connectivity index (χ2v) is 8.43. The summed E-state index contributed by atoms with van der Waals surface area (Å²) >= 11 is 0. The van der Waals surface area contributed by atoms with E-state index in [0.717, 1.165) is 12.0 Å². The summed E-state index contributed by atoms with van der Waals surface area (Å²) in [5.41, 5.74) is 1.01. The number of sulfonamides is 1. The van der Waals surface area contributed by atoms with E-state index in [1.54, 1.807) is 24.3 Å². The second kappa shape index (κ2) is 7.01. The van der Waals surface area contributed by atoms with Crippen LogP contribution in [0.2, 0.25) is 0 Å². The Morgan fingerprint density at radius 1 is 1.26 bits per heavy atom. The van der Waals surface area contributed by atoms with Crippen LogP contribution in [0, 0.1) is 12.8 Å². The first-order valence-corrected chi connectivity index (χ1v) is 9.58. The highest BCUT2D eigenvalue weighted by Gasteiger charge is 2.35. The molecule has 1 fully saturated rings. The minimum atomic E-state index is -3.56. The molecular formula is C17H26N2O3S. The van der Waals surface area contributed by atoms with Gasteiger partial charge in [-0.2, -0.15) is 0 Å². The van der Waals surface area contributed by atoms with Crippen molar-refractivity contribution in [3.05, 3.63) is 29.8 Å². The van der Waals surface area contributed by atoms with Gasteiger partial charge in [-0.25, -0.2) is 13.1 Å². The number of carbonyl (C=O) groups excluding carboxylic acids is 1. The van der Waals surface area contributed by atoms with Crippen LogP contribution >= 0.6 is 0 Å². The predicted octanol–water partition coefficient (Wildman–Crippen LogP) is 2.31. The third kappa shape index (κ3) is 4.12. The Bertz CT molecular complexity index is 653. The minimum absolute atomic E-state index is 0.116. The van der Waals surface area contributed by atoms with Crippen molar-refractivity contribution in [1.29, 1.82) is 0 Å². The molecule has 6 heteroatoms. The summed E-state index contributed by atoms with van der Waals surface area (Å²) < 4.78 is 27.5. The van der Waals surface area contributed by atoms with Gasteiger partial charge >= 0.3 is 0 Å². The topological polar surface area (TPSA) is 66.5 Å². The lowest BCUT2D eigenvalue weighted by Crippen LogP contribution is -2.49. The van der Waals surface area contributed by atoms with E-state index in [2.05, 4.69) is 4.72 Å². The Morgan fingerprint density at radius 2 is 1.87 bits per heavy atom. The first-order valence-electron chi connectivity index (χ1n) is 8.10. The van der Waals surface area contributed by atoms with Gasteiger partial charge in [-0.15, -0.1) is 0 Å². The van der Waals surface area contributed by atoms with Gasteiger partial charge in [0.2, 0.25) is 15.9 Å². The summed E-state index contributed by atoms with van der Waals surface area (Å²) in [6.45, 7) is 8.21. The van der Waals surface area contributed by atoms with Crippen molar-refractivity contribution in [3.63, 3.8) is 0 Å². The zero-order valence-electron chi connectivity index (χ0n) is 14.2. The van der Waals surface area contributed by atoms with Crippen molar-refractivity contribution in [3.8, 4) is 0 Å². The van der Waals surface area contributed by atoms with E-state index >= 15 is 0 Å². The van der Waals surface area contributed by atoms with Crippen LogP contribution in [0.1, 0.15) is 39.2 Å². The van der Waals surface area contributed by atoms with Gasteiger partial charge < -0.3 is 4.90 Å². The largest absolute Gasteiger partial charge is 0.335 e. The van der Waals surface area contributed by atoms with Crippen molar-refractivity contribution < 1.29 is 13.2 Å². The first kappa shape index (κ1) is 17.9. The van der Waals surface area contributed by atoms with Crippen molar-refractivity contribution in [1.82, 2.24) is 9.62 Å². The molecule has 1 heterocycles. The lowest BCUT2D eigenvalue weighted by Gasteiger charge is -2.34. The highest BCUT2D eigenvalue weighted by molar-refractivity contribution is 7.89. The van der Waals surface area contributed by atoms with Crippen LogP contribution in [0.5, 0.6) is 0 Å². The number of benzene rings is 1. The molecule has 0 aromatic heterocycles. The first-order chi connectivity index (χ1) is 10.7. The average molecular weight is 338 g/mol. The summed E-state index contributed by atoms with van der Waals surface area (Å²) in [7, 11) is -3.56. The molecule has 23 heavy (non-hydrogen) atoms. The molecule has 0 spiro atoms. The number of likely N-dealkylation sites (tertiary alicyclic amines) is 1. The van der Waals surface area contributed by atoms with E-state index in [0.29, 0.717) is 6.42 Å². The molecule has 0 saturated carbocycles. The van der Waals surface area contributed by atoms with Crippen LogP contribution in [0.25, 0.3) is 0 Å². The van der Waals surface area contributed by atoms with Gasteiger partial charge in [0.25, 0.3) is 0 Å². The maximum Gasteiger partial charge on any atom is 0.240 e. The Labute approximate surface area is 139 Å². The maximum absolute atomic E-state index is 12.4. The summed E-state index contributed by atoms with van der Waals surface area (Å²) in [5, 5.41) is 0. The van der Waals surface area contributed by atoms with Gasteiger partial charge in [-0.1, -0.05) is 31.5 Å². The molecular weight excluding hydrogens is 312 g/mol. The summed E-state index contributed by atoms with van der Waals surface area (Å²) in [6.07, 6.45) is 1.39. The van der Waals surface area contributed by atoms with Gasteiger partial charge in [0.1, 0.15) is 0 Å². The van der Waals surface area contributed by atoms with E-state index in [1.807, 2.05) is 32.6 Å². The lowest BCUT2D eigenvalue weighted by molar-refractivity contribution is -0.131. The Balaban J connectivity index is 2.12. The molecule has 1 aromatic carbocycles. The Morgan fingerprint density at radius 3 is 2.35 bits per heavy atom. The number of carbonyl (C=O) groups is 1. The van der Waals surface area contributed by atoms with E-state index in [4.69, 9.17) is 0 Å². The van der Waals surface area contributed by atoms with Crippen molar-refractivity contribution in [2.24, 2.45) is 5.92 Å². The quantitative estimate of drug-likeness (QED) is 0.865. The molecule has 0 aliphatic carbocycles. The van der Waals surface area contributed by atoms with Crippen LogP contribution in [-0.2, 0) is 14.8 Å². The molecule has 0 unspecified atom stereocenters. The van der Waals surface area contributed by atoms with E-state index in [9.17, 15) is 13.2 Å². The molecule has 1 aliphatic rings. The molecule has 1 aliphatic heterocycles. The summed E-state index contributed by atoms with van der Waals surface area (Å²) in [5.74, 6) is 0.297. The molecule has 1 saturated heterocycles. The fourth-order valence-electron chi connectivity index (χ4n) is 3.01. The molecule has 2 rings (SSSR count). The monoisotopic (exact) mass is 338 g/mol. The van der Waals surface area contributed by atoms with Crippen molar-refractivity contribution >= 4 is 15.9 Å². The predicted molar refractivity (Wildman–Crippen MR) is 90.5 cm³/mol. The van der Waals surface area contributed by atoms with Crippen LogP contribution in [-0.4, -0.2) is 37.9 Å². The van der Waals surface area contributed by atoms with Gasteiger partial charge in [-0.05, 0) is 38.3 Å². The third-order valence-electron chi connectivity index (χ3n) is 4.48. The van der Waals surface area contributed by atoms with E-state index < -0.39 is 10.0 Å².